The van der Waals surface area contributed by atoms with E-state index in [1.54, 1.807) is 0 Å². The van der Waals surface area contributed by atoms with Crippen LogP contribution in [0.4, 0.5) is 0 Å². The molecule has 0 N–H and O–H groups in total. The van der Waals surface area contributed by atoms with E-state index >= 15 is 0 Å². The SMILES string of the molecule is CCC1=NC2=CC=CC2=C1.Cc1ccc(C2[C-]=Cc3ccccc32)s1.[Cl-].[Cl-].[Zr+3]. The number of benzene rings is 1. The standard InChI is InChI=1S/C14H11S.C9H9N.2ClH.Zr/c1-10-6-9-14(15-10)13-8-7-11-4-2-3-5-12(11)13;1-2-8-6-7-4-3-5-9(7)10-8;;;/h2-7,9,13H,1H3;3-6H,2H2,1H3;2*1H;/q-1;;;;+3/p-2. The molecule has 0 bridgehead atoms. The van der Waals surface area contributed by atoms with E-state index in [9.17, 15) is 0 Å². The van der Waals surface area contributed by atoms with Crippen molar-refractivity contribution in [2.24, 2.45) is 4.99 Å². The summed E-state index contributed by atoms with van der Waals surface area (Å²) in [5.74, 6) is 0.361. The zero-order valence-corrected chi connectivity index (χ0v) is 20.5. The molecule has 1 atom stereocenters. The van der Waals surface area contributed by atoms with Crippen molar-refractivity contribution in [3.63, 3.8) is 0 Å². The molecule has 5 rings (SSSR count). The number of thiophene rings is 1. The molecular weight excluding hydrogens is 484 g/mol. The number of aliphatic imine (C=N–C) groups is 1. The molecule has 2 aliphatic carbocycles. The van der Waals surface area contributed by atoms with Gasteiger partial charge in [-0.2, -0.15) is 5.56 Å². The van der Waals surface area contributed by atoms with Gasteiger partial charge in [-0.3, -0.25) is 11.1 Å². The van der Waals surface area contributed by atoms with Crippen LogP contribution in [0.1, 0.15) is 40.1 Å². The summed E-state index contributed by atoms with van der Waals surface area (Å²) in [6, 6.07) is 12.9. The second-order valence-corrected chi connectivity index (χ2v) is 7.61. The van der Waals surface area contributed by atoms with Gasteiger partial charge in [-0.05, 0) is 42.5 Å². The number of rotatable bonds is 2. The van der Waals surface area contributed by atoms with E-state index in [0.29, 0.717) is 5.92 Å². The third kappa shape index (κ3) is 5.33. The van der Waals surface area contributed by atoms with Crippen LogP contribution in [0, 0.1) is 13.0 Å². The molecule has 1 aromatic carbocycles. The number of hydrogen-bond donors (Lipinski definition) is 0. The Labute approximate surface area is 203 Å². The minimum Gasteiger partial charge on any atom is -1.00 e. The van der Waals surface area contributed by atoms with Crippen LogP contribution in [0.3, 0.4) is 0 Å². The molecule has 28 heavy (non-hydrogen) atoms. The zero-order valence-electron chi connectivity index (χ0n) is 15.7. The summed E-state index contributed by atoms with van der Waals surface area (Å²) < 4.78 is 0. The first kappa shape index (κ1) is 25.1. The molecule has 2 heterocycles. The van der Waals surface area contributed by atoms with Crippen molar-refractivity contribution in [2.75, 3.05) is 0 Å². The van der Waals surface area contributed by atoms with Crippen LogP contribution in [0.5, 0.6) is 0 Å². The van der Waals surface area contributed by atoms with Gasteiger partial charge >= 0.3 is 26.2 Å². The molecule has 0 amide bonds. The first-order valence-electron chi connectivity index (χ1n) is 8.67. The smallest absolute Gasteiger partial charge is 1.00 e. The number of halogens is 2. The van der Waals surface area contributed by atoms with Crippen molar-refractivity contribution in [2.45, 2.75) is 26.2 Å². The fraction of sp³-hybridized carbons (Fsp3) is 0.174. The molecule has 1 radical (unpaired) electrons. The Morgan fingerprint density at radius 2 is 1.89 bits per heavy atom. The minimum absolute atomic E-state index is 0. The maximum absolute atomic E-state index is 4.39. The summed E-state index contributed by atoms with van der Waals surface area (Å²) in [6.07, 6.45) is 14.9. The molecule has 1 aliphatic heterocycles. The molecule has 141 valence electrons. The number of nitrogens with zero attached hydrogens (tertiary/aromatic N) is 1. The van der Waals surface area contributed by atoms with E-state index in [1.165, 1.54) is 32.2 Å². The van der Waals surface area contributed by atoms with Gasteiger partial charge in [-0.15, -0.1) is 23.0 Å². The summed E-state index contributed by atoms with van der Waals surface area (Å²) in [6.45, 7) is 4.28. The molecule has 0 saturated carbocycles. The Morgan fingerprint density at radius 3 is 2.57 bits per heavy atom. The first-order chi connectivity index (χ1) is 12.2. The third-order valence-electron chi connectivity index (χ3n) is 4.53. The van der Waals surface area contributed by atoms with E-state index in [0.717, 1.165) is 12.1 Å². The van der Waals surface area contributed by atoms with Crippen molar-refractivity contribution in [3.05, 3.63) is 98.9 Å². The fourth-order valence-corrected chi connectivity index (χ4v) is 4.16. The Morgan fingerprint density at radius 1 is 1.11 bits per heavy atom. The van der Waals surface area contributed by atoms with Crippen molar-refractivity contribution in [1.82, 2.24) is 0 Å². The van der Waals surface area contributed by atoms with Gasteiger partial charge in [-0.1, -0.05) is 43.2 Å². The summed E-state index contributed by atoms with van der Waals surface area (Å²) in [5, 5.41) is 0. The quantitative estimate of drug-likeness (QED) is 0.521. The molecule has 1 aromatic heterocycles. The van der Waals surface area contributed by atoms with Gasteiger partial charge in [0.1, 0.15) is 0 Å². The van der Waals surface area contributed by atoms with Gasteiger partial charge in [0.25, 0.3) is 0 Å². The maximum Gasteiger partial charge on any atom is 3.00 e. The fourth-order valence-electron chi connectivity index (χ4n) is 3.21. The van der Waals surface area contributed by atoms with E-state index in [4.69, 9.17) is 0 Å². The van der Waals surface area contributed by atoms with Gasteiger partial charge in [0, 0.05) is 16.2 Å². The molecule has 3 aliphatic rings. The largest absolute Gasteiger partial charge is 3.00 e. The third-order valence-corrected chi connectivity index (χ3v) is 5.60. The number of aryl methyl sites for hydroxylation is 1. The summed E-state index contributed by atoms with van der Waals surface area (Å²) in [5.41, 5.74) is 6.31. The van der Waals surface area contributed by atoms with Crippen molar-refractivity contribution in [3.8, 4) is 0 Å². The Balaban J connectivity index is 0.000000269. The van der Waals surface area contributed by atoms with Crippen molar-refractivity contribution in [1.29, 1.82) is 0 Å². The van der Waals surface area contributed by atoms with Crippen molar-refractivity contribution >= 4 is 23.1 Å². The van der Waals surface area contributed by atoms with Crippen LogP contribution >= 0.6 is 11.3 Å². The van der Waals surface area contributed by atoms with Gasteiger partial charge < -0.3 is 24.8 Å². The average Bonchev–Trinajstić information content (AvgIpc) is 3.37. The zero-order chi connectivity index (χ0) is 17.2. The molecule has 0 fully saturated rings. The molecule has 0 spiro atoms. The minimum atomic E-state index is 0. The average molecular weight is 505 g/mol. The second kappa shape index (κ2) is 11.3. The summed E-state index contributed by atoms with van der Waals surface area (Å²) in [7, 11) is 0. The number of allylic oxidation sites excluding steroid dienone is 5. The Bertz CT molecular complexity index is 966. The van der Waals surface area contributed by atoms with E-state index in [-0.39, 0.29) is 51.0 Å². The number of hydrogen-bond acceptors (Lipinski definition) is 2. The summed E-state index contributed by atoms with van der Waals surface area (Å²) in [4.78, 5) is 7.16. The first-order valence-corrected chi connectivity index (χ1v) is 9.49. The van der Waals surface area contributed by atoms with E-state index in [2.05, 4.69) is 85.6 Å². The van der Waals surface area contributed by atoms with Crippen LogP contribution in [-0.4, -0.2) is 5.71 Å². The topological polar surface area (TPSA) is 12.4 Å². The predicted molar refractivity (Wildman–Crippen MR) is 108 cm³/mol. The number of fused-ring (bicyclic) bond motifs is 2. The summed E-state index contributed by atoms with van der Waals surface area (Å²) >= 11 is 1.87. The predicted octanol–water partition coefficient (Wildman–Crippen LogP) is 0.255. The Hall–Kier alpha value is -0.987. The molecule has 0 saturated heterocycles. The van der Waals surface area contributed by atoms with Crippen molar-refractivity contribution < 1.29 is 51.0 Å². The molecule has 1 unspecified atom stereocenters. The maximum atomic E-state index is 4.39. The van der Waals surface area contributed by atoms with Gasteiger partial charge in [0.05, 0.1) is 5.70 Å². The van der Waals surface area contributed by atoms with E-state index < -0.39 is 0 Å². The molecule has 5 heteroatoms. The van der Waals surface area contributed by atoms with Gasteiger partial charge in [-0.25, -0.2) is 6.08 Å². The van der Waals surface area contributed by atoms with Gasteiger partial charge in [0.15, 0.2) is 0 Å². The van der Waals surface area contributed by atoms with Gasteiger partial charge in [0.2, 0.25) is 0 Å². The van der Waals surface area contributed by atoms with Crippen LogP contribution in [-0.2, 0) is 26.2 Å². The second-order valence-electron chi connectivity index (χ2n) is 6.29. The van der Waals surface area contributed by atoms with Crippen LogP contribution in [0.15, 0.2) is 77.0 Å². The normalized spacial score (nSPS) is 16.9. The van der Waals surface area contributed by atoms with Crippen LogP contribution < -0.4 is 24.8 Å². The monoisotopic (exact) mass is 502 g/mol. The molecule has 1 nitrogen and oxygen atoms in total. The van der Waals surface area contributed by atoms with Crippen LogP contribution in [0.2, 0.25) is 0 Å². The van der Waals surface area contributed by atoms with E-state index in [1.807, 2.05) is 17.4 Å². The van der Waals surface area contributed by atoms with Crippen LogP contribution in [0.25, 0.3) is 6.08 Å². The molecular formula is C23H20Cl2NSZr. The molecule has 2 aromatic rings. The Kier molecular flexibility index (Phi) is 10.1.